The van der Waals surface area contributed by atoms with Crippen LogP contribution >= 0.6 is 22.9 Å². The lowest BCUT2D eigenvalue weighted by molar-refractivity contribution is -0.140. The highest BCUT2D eigenvalue weighted by atomic mass is 35.5. The minimum absolute atomic E-state index is 0.00251. The molecule has 0 atom stereocenters. The van der Waals surface area contributed by atoms with Crippen LogP contribution in [0.3, 0.4) is 0 Å². The van der Waals surface area contributed by atoms with Gasteiger partial charge in [-0.15, -0.1) is 11.3 Å². The quantitative estimate of drug-likeness (QED) is 0.732. The standard InChI is InChI=1S/C19H19ClN2O4S/c1-13(23)21-8-10-22(11-9-21)18(24)12-26-19(25)17-7-6-16(27-17)14-2-4-15(20)5-3-14/h2-7H,8-12H2,1H3. The molecule has 8 heteroatoms. The van der Waals surface area contributed by atoms with Gasteiger partial charge in [0.05, 0.1) is 0 Å². The number of ether oxygens (including phenoxy) is 1. The van der Waals surface area contributed by atoms with Crippen LogP contribution in [0.15, 0.2) is 36.4 Å². The van der Waals surface area contributed by atoms with Crippen LogP contribution in [0, 0.1) is 0 Å². The highest BCUT2D eigenvalue weighted by molar-refractivity contribution is 7.17. The summed E-state index contributed by atoms with van der Waals surface area (Å²) in [6.07, 6.45) is 0. The smallest absolute Gasteiger partial charge is 0.348 e. The number of amides is 2. The van der Waals surface area contributed by atoms with E-state index in [2.05, 4.69) is 0 Å². The van der Waals surface area contributed by atoms with E-state index in [0.29, 0.717) is 36.1 Å². The number of benzene rings is 1. The number of nitrogens with zero attached hydrogens (tertiary/aromatic N) is 2. The number of esters is 1. The summed E-state index contributed by atoms with van der Waals surface area (Å²) < 4.78 is 5.16. The van der Waals surface area contributed by atoms with Crippen LogP contribution in [0.25, 0.3) is 10.4 Å². The summed E-state index contributed by atoms with van der Waals surface area (Å²) in [5.74, 6) is -0.764. The van der Waals surface area contributed by atoms with Gasteiger partial charge in [-0.25, -0.2) is 4.79 Å². The van der Waals surface area contributed by atoms with Gasteiger partial charge in [0.1, 0.15) is 4.88 Å². The Bertz CT molecular complexity index is 842. The van der Waals surface area contributed by atoms with Crippen LogP contribution in [0.4, 0.5) is 0 Å². The molecule has 27 heavy (non-hydrogen) atoms. The number of halogens is 1. The van der Waals surface area contributed by atoms with Crippen molar-refractivity contribution in [1.29, 1.82) is 0 Å². The zero-order valence-electron chi connectivity index (χ0n) is 14.8. The van der Waals surface area contributed by atoms with E-state index in [4.69, 9.17) is 16.3 Å². The van der Waals surface area contributed by atoms with E-state index < -0.39 is 5.97 Å². The van der Waals surface area contributed by atoms with E-state index in [0.717, 1.165) is 10.4 Å². The Kier molecular flexibility index (Phi) is 6.13. The Morgan fingerprint density at radius 1 is 1.00 bits per heavy atom. The molecule has 142 valence electrons. The third-order valence-corrected chi connectivity index (χ3v) is 5.71. The van der Waals surface area contributed by atoms with Crippen LogP contribution in [-0.4, -0.2) is 60.4 Å². The molecule has 0 bridgehead atoms. The molecule has 0 saturated carbocycles. The molecule has 0 N–H and O–H groups in total. The van der Waals surface area contributed by atoms with Crippen molar-refractivity contribution in [2.24, 2.45) is 0 Å². The molecule has 0 aliphatic carbocycles. The molecular weight excluding hydrogens is 388 g/mol. The second-order valence-corrected chi connectivity index (χ2v) is 7.65. The predicted molar refractivity (Wildman–Crippen MR) is 104 cm³/mol. The Morgan fingerprint density at radius 2 is 1.63 bits per heavy atom. The van der Waals surface area contributed by atoms with Crippen molar-refractivity contribution in [2.45, 2.75) is 6.92 Å². The fourth-order valence-corrected chi connectivity index (χ4v) is 3.81. The summed E-state index contributed by atoms with van der Waals surface area (Å²) in [5.41, 5.74) is 0.961. The first-order valence-corrected chi connectivity index (χ1v) is 9.69. The molecule has 2 heterocycles. The zero-order valence-corrected chi connectivity index (χ0v) is 16.4. The van der Waals surface area contributed by atoms with Crippen molar-refractivity contribution < 1.29 is 19.1 Å². The third-order valence-electron chi connectivity index (χ3n) is 4.34. The first-order valence-electron chi connectivity index (χ1n) is 8.50. The van der Waals surface area contributed by atoms with Gasteiger partial charge in [0.2, 0.25) is 5.91 Å². The molecular formula is C19H19ClN2O4S. The topological polar surface area (TPSA) is 66.9 Å². The molecule has 1 aliphatic heterocycles. The fraction of sp³-hybridized carbons (Fsp3) is 0.316. The summed E-state index contributed by atoms with van der Waals surface area (Å²) in [4.78, 5) is 40.4. The van der Waals surface area contributed by atoms with E-state index >= 15 is 0 Å². The highest BCUT2D eigenvalue weighted by Crippen LogP contribution is 2.29. The molecule has 1 saturated heterocycles. The first kappa shape index (κ1) is 19.4. The van der Waals surface area contributed by atoms with Crippen molar-refractivity contribution in [1.82, 2.24) is 9.80 Å². The van der Waals surface area contributed by atoms with Gasteiger partial charge in [0.25, 0.3) is 5.91 Å². The normalized spacial score (nSPS) is 14.1. The van der Waals surface area contributed by atoms with E-state index in [9.17, 15) is 14.4 Å². The number of rotatable bonds is 4. The van der Waals surface area contributed by atoms with Gasteiger partial charge in [-0.2, -0.15) is 0 Å². The maximum absolute atomic E-state index is 12.2. The Hall–Kier alpha value is -2.38. The first-order chi connectivity index (χ1) is 12.9. The van der Waals surface area contributed by atoms with Crippen molar-refractivity contribution in [2.75, 3.05) is 32.8 Å². The van der Waals surface area contributed by atoms with Crippen molar-refractivity contribution in [3.8, 4) is 10.4 Å². The average Bonchev–Trinajstić information content (AvgIpc) is 3.16. The summed E-state index contributed by atoms with van der Waals surface area (Å²) in [7, 11) is 0. The second-order valence-electron chi connectivity index (χ2n) is 6.13. The molecule has 0 unspecified atom stereocenters. The van der Waals surface area contributed by atoms with Gasteiger partial charge in [0.15, 0.2) is 6.61 Å². The summed E-state index contributed by atoms with van der Waals surface area (Å²) in [5, 5.41) is 0.651. The Labute approximate surface area is 166 Å². The highest BCUT2D eigenvalue weighted by Gasteiger charge is 2.23. The van der Waals surface area contributed by atoms with Gasteiger partial charge in [-0.3, -0.25) is 9.59 Å². The lowest BCUT2D eigenvalue weighted by Crippen LogP contribution is -2.51. The lowest BCUT2D eigenvalue weighted by atomic mass is 10.2. The van der Waals surface area contributed by atoms with Gasteiger partial charge in [-0.05, 0) is 29.8 Å². The third kappa shape index (κ3) is 4.87. The van der Waals surface area contributed by atoms with Crippen LogP contribution < -0.4 is 0 Å². The summed E-state index contributed by atoms with van der Waals surface area (Å²) in [6, 6.07) is 10.9. The Morgan fingerprint density at radius 3 is 2.26 bits per heavy atom. The molecule has 1 fully saturated rings. The van der Waals surface area contributed by atoms with E-state index in [1.807, 2.05) is 18.2 Å². The molecule has 2 amide bonds. The van der Waals surface area contributed by atoms with Crippen LogP contribution in [0.5, 0.6) is 0 Å². The molecule has 6 nitrogen and oxygen atoms in total. The van der Waals surface area contributed by atoms with Gasteiger partial charge in [0, 0.05) is 43.0 Å². The molecule has 1 aromatic carbocycles. The summed E-state index contributed by atoms with van der Waals surface area (Å²) >= 11 is 7.19. The molecule has 0 radical (unpaired) electrons. The number of carbonyl (C=O) groups is 3. The maximum atomic E-state index is 12.2. The van der Waals surface area contributed by atoms with Crippen molar-refractivity contribution >= 4 is 40.7 Å². The minimum Gasteiger partial charge on any atom is -0.451 e. The van der Waals surface area contributed by atoms with Crippen molar-refractivity contribution in [3.63, 3.8) is 0 Å². The summed E-state index contributed by atoms with van der Waals surface area (Å²) in [6.45, 7) is 3.13. The van der Waals surface area contributed by atoms with E-state index in [1.165, 1.54) is 18.3 Å². The number of hydrogen-bond donors (Lipinski definition) is 0. The monoisotopic (exact) mass is 406 g/mol. The fourth-order valence-electron chi connectivity index (χ4n) is 2.78. The molecule has 3 rings (SSSR count). The maximum Gasteiger partial charge on any atom is 0.348 e. The molecule has 2 aromatic rings. The predicted octanol–water partition coefficient (Wildman–Crippen LogP) is 2.92. The SMILES string of the molecule is CC(=O)N1CCN(C(=O)COC(=O)c2ccc(-c3ccc(Cl)cc3)s2)CC1. The largest absolute Gasteiger partial charge is 0.451 e. The number of hydrogen-bond acceptors (Lipinski definition) is 5. The van der Waals surface area contributed by atoms with Crippen LogP contribution in [-0.2, 0) is 14.3 Å². The zero-order chi connectivity index (χ0) is 19.4. The van der Waals surface area contributed by atoms with Crippen LogP contribution in [0.1, 0.15) is 16.6 Å². The molecule has 0 spiro atoms. The van der Waals surface area contributed by atoms with Crippen LogP contribution in [0.2, 0.25) is 5.02 Å². The second kappa shape index (κ2) is 8.54. The van der Waals surface area contributed by atoms with Gasteiger partial charge >= 0.3 is 5.97 Å². The molecule has 1 aliphatic rings. The lowest BCUT2D eigenvalue weighted by Gasteiger charge is -2.34. The van der Waals surface area contributed by atoms with Crippen molar-refractivity contribution in [3.05, 3.63) is 46.3 Å². The Balaban J connectivity index is 1.52. The van der Waals surface area contributed by atoms with Gasteiger partial charge in [-0.1, -0.05) is 23.7 Å². The molecule has 1 aromatic heterocycles. The van der Waals surface area contributed by atoms with Gasteiger partial charge < -0.3 is 14.5 Å². The van der Waals surface area contributed by atoms with E-state index in [-0.39, 0.29) is 18.4 Å². The number of carbonyl (C=O) groups excluding carboxylic acids is 3. The number of piperazine rings is 1. The van der Waals surface area contributed by atoms with E-state index in [1.54, 1.807) is 28.0 Å². The average molecular weight is 407 g/mol. The minimum atomic E-state index is -0.518. The number of thiophene rings is 1.